The van der Waals surface area contributed by atoms with Crippen LogP contribution in [-0.4, -0.2) is 37.5 Å². The van der Waals surface area contributed by atoms with E-state index in [9.17, 15) is 0 Å². The van der Waals surface area contributed by atoms with Gasteiger partial charge in [0.2, 0.25) is 5.75 Å². The maximum Gasteiger partial charge on any atom is 0.203 e. The van der Waals surface area contributed by atoms with Crippen molar-refractivity contribution < 1.29 is 18.9 Å². The zero-order valence-corrected chi connectivity index (χ0v) is 22.8. The van der Waals surface area contributed by atoms with Gasteiger partial charge in [-0.25, -0.2) is 4.99 Å². The summed E-state index contributed by atoms with van der Waals surface area (Å²) < 4.78 is 24.9. The van der Waals surface area contributed by atoms with E-state index in [1.807, 2.05) is 49.4 Å². The first-order chi connectivity index (χ1) is 18.7. The van der Waals surface area contributed by atoms with Crippen molar-refractivity contribution in [3.8, 4) is 34.3 Å². The minimum atomic E-state index is 0.565. The average Bonchev–Trinajstić information content (AvgIpc) is 3.56. The highest BCUT2D eigenvalue weighted by Gasteiger charge is 2.18. The third-order valence-electron chi connectivity index (χ3n) is 6.42. The van der Waals surface area contributed by atoms with Gasteiger partial charge in [0.05, 0.1) is 33.6 Å². The van der Waals surface area contributed by atoms with Gasteiger partial charge in [-0.1, -0.05) is 30.3 Å². The third kappa shape index (κ3) is 4.99. The minimum Gasteiger partial charge on any atom is -0.493 e. The fourth-order valence-corrected chi connectivity index (χ4v) is 5.54. The van der Waals surface area contributed by atoms with E-state index in [1.165, 1.54) is 10.9 Å². The van der Waals surface area contributed by atoms with Crippen LogP contribution in [0.15, 0.2) is 77.2 Å². The summed E-state index contributed by atoms with van der Waals surface area (Å²) in [6.07, 6.45) is 2.93. The van der Waals surface area contributed by atoms with Crippen molar-refractivity contribution in [2.24, 2.45) is 4.99 Å². The van der Waals surface area contributed by atoms with Crippen LogP contribution in [0.3, 0.4) is 0 Å². The highest BCUT2D eigenvalue weighted by Crippen LogP contribution is 2.41. The molecule has 0 aliphatic heterocycles. The molecule has 0 bridgehead atoms. The third-order valence-corrected chi connectivity index (χ3v) is 7.28. The maximum atomic E-state index is 5.84. The number of rotatable bonds is 10. The van der Waals surface area contributed by atoms with Crippen molar-refractivity contribution in [2.45, 2.75) is 19.9 Å². The van der Waals surface area contributed by atoms with Crippen molar-refractivity contribution >= 4 is 27.9 Å². The molecule has 0 aliphatic rings. The van der Waals surface area contributed by atoms with Crippen LogP contribution in [0.25, 0.3) is 22.2 Å². The Balaban J connectivity index is 1.64. The molecule has 0 saturated carbocycles. The van der Waals surface area contributed by atoms with Crippen molar-refractivity contribution in [3.05, 3.63) is 82.6 Å². The van der Waals surface area contributed by atoms with Crippen LogP contribution in [-0.2, 0) is 13.0 Å². The van der Waals surface area contributed by atoms with Gasteiger partial charge in [0, 0.05) is 34.6 Å². The number of hydrogen-bond acceptors (Lipinski definition) is 6. The fraction of sp³-hybridized carbons (Fsp3) is 0.233. The number of aromatic nitrogens is 2. The van der Waals surface area contributed by atoms with Gasteiger partial charge in [0.1, 0.15) is 11.4 Å². The summed E-state index contributed by atoms with van der Waals surface area (Å²) in [7, 11) is 4.87. The number of hydrogen-bond donors (Lipinski definition) is 1. The topological polar surface area (TPSA) is 70.0 Å². The SMILES string of the molecule is CCOc1ccccc1N=c1scc(-c2cc(OC)c(OC)c(OC)c2)n1CCc1c[nH]c2ccccc12. The number of aromatic amines is 1. The van der Waals surface area contributed by atoms with Crippen LogP contribution in [0.2, 0.25) is 0 Å². The summed E-state index contributed by atoms with van der Waals surface area (Å²) >= 11 is 1.59. The second kappa shape index (κ2) is 11.5. The van der Waals surface area contributed by atoms with Crippen LogP contribution in [0.1, 0.15) is 12.5 Å². The molecule has 0 radical (unpaired) electrons. The Bertz CT molecular complexity index is 1590. The van der Waals surface area contributed by atoms with Gasteiger partial charge in [-0.2, -0.15) is 0 Å². The quantitative estimate of drug-likeness (QED) is 0.221. The number of nitrogens with zero attached hydrogens (tertiary/aromatic N) is 2. The Labute approximate surface area is 225 Å². The number of ether oxygens (including phenoxy) is 4. The minimum absolute atomic E-state index is 0.565. The Morgan fingerprint density at radius 2 is 1.63 bits per heavy atom. The molecule has 0 unspecified atom stereocenters. The summed E-state index contributed by atoms with van der Waals surface area (Å²) in [5.41, 5.74) is 5.17. The number of aryl methyl sites for hydroxylation is 1. The van der Waals surface area contributed by atoms with Crippen LogP contribution < -0.4 is 23.7 Å². The molecule has 0 aliphatic carbocycles. The van der Waals surface area contributed by atoms with Crippen molar-refractivity contribution in [2.75, 3.05) is 27.9 Å². The zero-order chi connectivity index (χ0) is 26.5. The van der Waals surface area contributed by atoms with Crippen molar-refractivity contribution in [3.63, 3.8) is 0 Å². The van der Waals surface area contributed by atoms with E-state index in [4.69, 9.17) is 23.9 Å². The molecule has 8 heteroatoms. The molecular formula is C30H31N3O4S. The Morgan fingerprint density at radius 1 is 0.895 bits per heavy atom. The van der Waals surface area contributed by atoms with Gasteiger partial charge >= 0.3 is 0 Å². The average molecular weight is 530 g/mol. The van der Waals surface area contributed by atoms with Crippen molar-refractivity contribution in [1.82, 2.24) is 9.55 Å². The molecule has 3 aromatic carbocycles. The molecule has 0 saturated heterocycles. The van der Waals surface area contributed by atoms with Crippen LogP contribution in [0.4, 0.5) is 5.69 Å². The predicted octanol–water partition coefficient (Wildman–Crippen LogP) is 6.60. The smallest absolute Gasteiger partial charge is 0.203 e. The standard InChI is InChI=1S/C30H31N3O4S/c1-5-37-26-13-9-8-12-24(26)32-30-33(15-14-20-18-31-23-11-7-6-10-22(20)23)25(19-38-30)21-16-27(34-2)29(36-4)28(17-21)35-3/h6-13,16-19,31H,5,14-15H2,1-4H3. The molecule has 5 aromatic rings. The van der Waals surface area contributed by atoms with E-state index >= 15 is 0 Å². The molecule has 5 rings (SSSR count). The van der Waals surface area contributed by atoms with Gasteiger partial charge in [0.15, 0.2) is 16.3 Å². The van der Waals surface area contributed by atoms with E-state index < -0.39 is 0 Å². The summed E-state index contributed by atoms with van der Waals surface area (Å²) in [6, 6.07) is 20.2. The monoisotopic (exact) mass is 529 g/mol. The summed E-state index contributed by atoms with van der Waals surface area (Å²) in [4.78, 5) is 9.31. The molecule has 7 nitrogen and oxygen atoms in total. The number of H-pyrrole nitrogens is 1. The van der Waals surface area contributed by atoms with Crippen LogP contribution >= 0.6 is 11.3 Å². The first-order valence-electron chi connectivity index (χ1n) is 12.5. The van der Waals surface area contributed by atoms with Crippen LogP contribution in [0.5, 0.6) is 23.0 Å². The number of thiazole rings is 1. The molecule has 38 heavy (non-hydrogen) atoms. The second-order valence-corrected chi connectivity index (χ2v) is 9.43. The Hall–Kier alpha value is -4.17. The van der Waals surface area contributed by atoms with Gasteiger partial charge in [0.25, 0.3) is 0 Å². The largest absolute Gasteiger partial charge is 0.493 e. The normalized spacial score (nSPS) is 11.6. The van der Waals surface area contributed by atoms with E-state index in [-0.39, 0.29) is 0 Å². The number of fused-ring (bicyclic) bond motifs is 1. The first-order valence-corrected chi connectivity index (χ1v) is 13.3. The fourth-order valence-electron chi connectivity index (χ4n) is 4.60. The number of para-hydroxylation sites is 3. The Morgan fingerprint density at radius 3 is 2.37 bits per heavy atom. The summed E-state index contributed by atoms with van der Waals surface area (Å²) in [6.45, 7) is 3.28. The summed E-state index contributed by atoms with van der Waals surface area (Å²) in [5, 5.41) is 3.36. The number of methoxy groups -OCH3 is 3. The second-order valence-electron chi connectivity index (χ2n) is 8.59. The lowest BCUT2D eigenvalue weighted by molar-refractivity contribution is 0.324. The van der Waals surface area contributed by atoms with E-state index in [0.29, 0.717) is 23.9 Å². The van der Waals surface area contributed by atoms with Gasteiger partial charge in [-0.15, -0.1) is 11.3 Å². The molecular weight excluding hydrogens is 498 g/mol. The number of benzene rings is 3. The lowest BCUT2D eigenvalue weighted by Crippen LogP contribution is -2.17. The van der Waals surface area contributed by atoms with E-state index in [0.717, 1.165) is 46.0 Å². The highest BCUT2D eigenvalue weighted by molar-refractivity contribution is 7.07. The maximum absolute atomic E-state index is 5.84. The molecule has 2 heterocycles. The zero-order valence-electron chi connectivity index (χ0n) is 22.0. The van der Waals surface area contributed by atoms with Crippen molar-refractivity contribution in [1.29, 1.82) is 0 Å². The molecule has 196 valence electrons. The first kappa shape index (κ1) is 25.5. The van der Waals surface area contributed by atoms with Crippen LogP contribution in [0, 0.1) is 0 Å². The molecule has 2 aromatic heterocycles. The highest BCUT2D eigenvalue weighted by atomic mass is 32.1. The van der Waals surface area contributed by atoms with E-state index in [1.54, 1.807) is 32.7 Å². The molecule has 0 spiro atoms. The van der Waals surface area contributed by atoms with Gasteiger partial charge in [-0.3, -0.25) is 0 Å². The molecule has 0 atom stereocenters. The molecule has 0 fully saturated rings. The lowest BCUT2D eigenvalue weighted by atomic mass is 10.1. The molecule has 1 N–H and O–H groups in total. The van der Waals surface area contributed by atoms with E-state index in [2.05, 4.69) is 39.3 Å². The lowest BCUT2D eigenvalue weighted by Gasteiger charge is -2.15. The molecule has 0 amide bonds. The van der Waals surface area contributed by atoms with Gasteiger partial charge in [-0.05, 0) is 49.2 Å². The number of nitrogens with one attached hydrogen (secondary N) is 1. The predicted molar refractivity (Wildman–Crippen MR) is 152 cm³/mol. The van der Waals surface area contributed by atoms with Gasteiger partial charge < -0.3 is 28.5 Å². The Kier molecular flexibility index (Phi) is 7.70. The summed E-state index contributed by atoms with van der Waals surface area (Å²) in [5.74, 6) is 2.55.